The Balaban J connectivity index is 1.17. The van der Waals surface area contributed by atoms with Gasteiger partial charge in [0.05, 0.1) is 11.4 Å². The highest BCUT2D eigenvalue weighted by atomic mass is 16.5. The number of nitrogens with zero attached hydrogens (tertiary/aromatic N) is 7. The maximum Gasteiger partial charge on any atom is 0.227 e. The molecule has 6 rings (SSSR count). The molecule has 0 aliphatic heterocycles. The van der Waals surface area contributed by atoms with Gasteiger partial charge in [-0.2, -0.15) is 0 Å². The predicted molar refractivity (Wildman–Crippen MR) is 165 cm³/mol. The standard InChI is InChI=1S/C32H28N10O/c1-21-7-9-25(17-29(21)39-31-35-15-11-27(37-31)23-5-3-13-33-19-23)41-42(43)26-10-8-22(2)30(18-26)40-32-36-16-12-28(38-32)24-6-4-14-34-20-24/h3-20,42-43H,1-2H3,(H,35,37,39)(H,36,38,40). The predicted octanol–water partition coefficient (Wildman–Crippen LogP) is 6.02. The van der Waals surface area contributed by atoms with Crippen LogP contribution in [0.1, 0.15) is 11.1 Å². The van der Waals surface area contributed by atoms with E-state index in [1.807, 2.05) is 86.6 Å². The number of quaternary nitrogens is 1. The first kappa shape index (κ1) is 27.4. The molecule has 0 spiro atoms. The minimum Gasteiger partial charge on any atom is -0.448 e. The number of nitrogens with one attached hydrogen (secondary N) is 3. The fourth-order valence-electron chi connectivity index (χ4n) is 4.33. The molecule has 0 radical (unpaired) electrons. The van der Waals surface area contributed by atoms with Crippen LogP contribution in [-0.4, -0.2) is 35.1 Å². The average molecular weight is 569 g/mol. The second kappa shape index (κ2) is 12.4. The number of benzene rings is 2. The topological polar surface area (TPSA) is 140 Å². The van der Waals surface area contributed by atoms with Gasteiger partial charge in [0.15, 0.2) is 5.69 Å². The Morgan fingerprint density at radius 3 is 1.77 bits per heavy atom. The van der Waals surface area contributed by atoms with Crippen molar-refractivity contribution in [3.8, 4) is 22.5 Å². The fourth-order valence-corrected chi connectivity index (χ4v) is 4.33. The van der Waals surface area contributed by atoms with Crippen LogP contribution >= 0.6 is 0 Å². The molecule has 0 aliphatic carbocycles. The van der Waals surface area contributed by atoms with Crippen LogP contribution in [0.4, 0.5) is 34.6 Å². The number of pyridine rings is 2. The van der Waals surface area contributed by atoms with Gasteiger partial charge in [0.2, 0.25) is 11.9 Å². The zero-order valence-electron chi connectivity index (χ0n) is 23.5. The first-order valence-corrected chi connectivity index (χ1v) is 13.5. The van der Waals surface area contributed by atoms with E-state index in [1.54, 1.807) is 37.2 Å². The van der Waals surface area contributed by atoms with Gasteiger partial charge in [0.25, 0.3) is 0 Å². The first-order chi connectivity index (χ1) is 21.0. The molecule has 11 nitrogen and oxygen atoms in total. The summed E-state index contributed by atoms with van der Waals surface area (Å²) in [7, 11) is 0. The molecule has 0 bridgehead atoms. The van der Waals surface area contributed by atoms with Crippen molar-refractivity contribution in [3.63, 3.8) is 0 Å². The lowest BCUT2D eigenvalue weighted by atomic mass is 10.1. The van der Waals surface area contributed by atoms with Crippen molar-refractivity contribution in [1.29, 1.82) is 0 Å². The molecule has 0 saturated carbocycles. The third kappa shape index (κ3) is 6.59. The first-order valence-electron chi connectivity index (χ1n) is 13.5. The summed E-state index contributed by atoms with van der Waals surface area (Å²) in [5.74, 6) is 0.876. The molecule has 1 unspecified atom stereocenters. The Hall–Kier alpha value is -5.78. The largest absolute Gasteiger partial charge is 0.448 e. The molecular formula is C32H28N10O. The van der Waals surface area contributed by atoms with Gasteiger partial charge in [-0.15, -0.1) is 0 Å². The maximum atomic E-state index is 11.0. The molecule has 4 aromatic heterocycles. The lowest BCUT2D eigenvalue weighted by molar-refractivity contribution is -0.999. The summed E-state index contributed by atoms with van der Waals surface area (Å²) in [6.45, 7) is 3.94. The molecule has 0 amide bonds. The minimum absolute atomic E-state index is 0.127. The molecule has 6 aromatic rings. The number of hydrogen-bond acceptors (Lipinski definition) is 9. The van der Waals surface area contributed by atoms with Gasteiger partial charge < -0.3 is 16.1 Å². The second-order valence-corrected chi connectivity index (χ2v) is 9.73. The highest BCUT2D eigenvalue weighted by Gasteiger charge is 2.11. The van der Waals surface area contributed by atoms with Gasteiger partial charge in [-0.1, -0.05) is 23.9 Å². The third-order valence-electron chi connectivity index (χ3n) is 6.67. The lowest BCUT2D eigenvalue weighted by Gasteiger charge is -2.26. The number of hydrogen-bond donors (Lipinski definition) is 4. The van der Waals surface area contributed by atoms with E-state index in [2.05, 4.69) is 46.0 Å². The summed E-state index contributed by atoms with van der Waals surface area (Å²) in [6, 6.07) is 22.4. The highest BCUT2D eigenvalue weighted by Crippen LogP contribution is 2.28. The van der Waals surface area contributed by atoms with Crippen LogP contribution in [0.2, 0.25) is 0 Å². The van der Waals surface area contributed by atoms with Crippen molar-refractivity contribution < 1.29 is 10.4 Å². The van der Waals surface area contributed by atoms with Crippen LogP contribution in [0.25, 0.3) is 27.9 Å². The SMILES string of the molecule is Cc1ccc([N-][NH+](O)c2ccc(C)c(Nc3nccc(-c4cccnc4)n3)c2)cc1Nc1nccc(-c2cccnc2)n1. The molecule has 2 aromatic carbocycles. The molecule has 43 heavy (non-hydrogen) atoms. The lowest BCUT2D eigenvalue weighted by Crippen LogP contribution is -2.99. The van der Waals surface area contributed by atoms with Crippen molar-refractivity contribution in [3.05, 3.63) is 127 Å². The van der Waals surface area contributed by atoms with E-state index in [-0.39, 0.29) is 5.17 Å². The van der Waals surface area contributed by atoms with Gasteiger partial charge in [-0.25, -0.2) is 30.3 Å². The van der Waals surface area contributed by atoms with E-state index in [0.29, 0.717) is 23.3 Å². The van der Waals surface area contributed by atoms with Crippen molar-refractivity contribution in [2.24, 2.45) is 0 Å². The Morgan fingerprint density at radius 2 is 1.21 bits per heavy atom. The van der Waals surface area contributed by atoms with E-state index in [1.165, 1.54) is 0 Å². The van der Waals surface area contributed by atoms with Crippen LogP contribution in [0.15, 0.2) is 110 Å². The zero-order chi connectivity index (χ0) is 29.6. The summed E-state index contributed by atoms with van der Waals surface area (Å²) < 4.78 is 0. The van der Waals surface area contributed by atoms with E-state index in [4.69, 9.17) is 0 Å². The van der Waals surface area contributed by atoms with Crippen molar-refractivity contribution in [1.82, 2.24) is 29.9 Å². The van der Waals surface area contributed by atoms with E-state index >= 15 is 0 Å². The van der Waals surface area contributed by atoms with E-state index in [0.717, 1.165) is 45.0 Å². The van der Waals surface area contributed by atoms with Gasteiger partial charge in [0, 0.05) is 71.8 Å². The van der Waals surface area contributed by atoms with E-state index in [9.17, 15) is 5.21 Å². The summed E-state index contributed by atoms with van der Waals surface area (Å²) in [6.07, 6.45) is 10.3. The number of aromatic nitrogens is 6. The molecule has 4 N–H and O–H groups in total. The molecule has 4 heterocycles. The fraction of sp³-hybridized carbons (Fsp3) is 0.0625. The summed E-state index contributed by atoms with van der Waals surface area (Å²) in [5.41, 5.74) is 12.3. The van der Waals surface area contributed by atoms with Gasteiger partial charge in [0.1, 0.15) is 0 Å². The Bertz CT molecular complexity index is 1850. The van der Waals surface area contributed by atoms with Crippen LogP contribution in [-0.2, 0) is 0 Å². The van der Waals surface area contributed by atoms with Crippen molar-refractivity contribution in [2.75, 3.05) is 10.6 Å². The smallest absolute Gasteiger partial charge is 0.227 e. The molecule has 0 aliphatic rings. The van der Waals surface area contributed by atoms with Gasteiger partial charge in [-0.3, -0.25) is 9.97 Å². The third-order valence-corrected chi connectivity index (χ3v) is 6.67. The normalized spacial score (nSPS) is 11.5. The van der Waals surface area contributed by atoms with Gasteiger partial charge in [-0.05, 0) is 67.4 Å². The minimum atomic E-state index is -0.127. The van der Waals surface area contributed by atoms with Crippen LogP contribution in [0, 0.1) is 13.8 Å². The molecule has 0 saturated heterocycles. The highest BCUT2D eigenvalue weighted by molar-refractivity contribution is 5.68. The van der Waals surface area contributed by atoms with Crippen LogP contribution < -0.4 is 15.8 Å². The van der Waals surface area contributed by atoms with Crippen LogP contribution in [0.3, 0.4) is 0 Å². The number of aryl methyl sites for hydroxylation is 2. The summed E-state index contributed by atoms with van der Waals surface area (Å²) in [5, 5.41) is 17.4. The number of anilines is 4. The number of rotatable bonds is 9. The molecule has 0 fully saturated rings. The molecule has 212 valence electrons. The van der Waals surface area contributed by atoms with Crippen molar-refractivity contribution >= 4 is 34.6 Å². The Kier molecular flexibility index (Phi) is 7.89. The summed E-state index contributed by atoms with van der Waals surface area (Å²) >= 11 is 0. The second-order valence-electron chi connectivity index (χ2n) is 9.73. The Morgan fingerprint density at radius 1 is 0.651 bits per heavy atom. The van der Waals surface area contributed by atoms with Crippen molar-refractivity contribution in [2.45, 2.75) is 13.8 Å². The monoisotopic (exact) mass is 568 g/mol. The molecule has 11 heteroatoms. The maximum absolute atomic E-state index is 11.0. The average Bonchev–Trinajstić information content (AvgIpc) is 3.05. The molecule has 1 atom stereocenters. The van der Waals surface area contributed by atoms with E-state index < -0.39 is 0 Å². The Labute approximate surface area is 248 Å². The quantitative estimate of drug-likeness (QED) is 0.154. The van der Waals surface area contributed by atoms with Crippen LogP contribution in [0.5, 0.6) is 0 Å². The zero-order valence-corrected chi connectivity index (χ0v) is 23.5. The molecular weight excluding hydrogens is 540 g/mol. The van der Waals surface area contributed by atoms with Gasteiger partial charge >= 0.3 is 0 Å². The summed E-state index contributed by atoms with van der Waals surface area (Å²) in [4.78, 5) is 26.3.